The lowest BCUT2D eigenvalue weighted by Gasteiger charge is -2.13. The first kappa shape index (κ1) is 21.2. The molecule has 2 heterocycles. The summed E-state index contributed by atoms with van der Waals surface area (Å²) in [7, 11) is 2.88. The van der Waals surface area contributed by atoms with Gasteiger partial charge in [0, 0.05) is 30.3 Å². The summed E-state index contributed by atoms with van der Waals surface area (Å²) >= 11 is 0. The van der Waals surface area contributed by atoms with Gasteiger partial charge in [-0.2, -0.15) is 9.36 Å². The van der Waals surface area contributed by atoms with Gasteiger partial charge < -0.3 is 9.47 Å². The van der Waals surface area contributed by atoms with Crippen LogP contribution in [0.25, 0.3) is 16.9 Å². The van der Waals surface area contributed by atoms with E-state index < -0.39 is 11.6 Å². The van der Waals surface area contributed by atoms with Crippen molar-refractivity contribution in [3.63, 3.8) is 0 Å². The quantitative estimate of drug-likeness (QED) is 0.459. The Morgan fingerprint density at radius 3 is 2.50 bits per heavy atom. The summed E-state index contributed by atoms with van der Waals surface area (Å²) < 4.78 is 40.7. The molecular formula is C22H19F2N5O3. The normalized spacial score (nSPS) is 10.9. The number of pyridine rings is 1. The van der Waals surface area contributed by atoms with Crippen LogP contribution in [0, 0.1) is 18.6 Å². The first-order chi connectivity index (χ1) is 15.4. The molecule has 0 saturated heterocycles. The second kappa shape index (κ2) is 8.58. The van der Waals surface area contributed by atoms with Gasteiger partial charge in [0.1, 0.15) is 12.4 Å². The molecule has 164 valence electrons. The van der Waals surface area contributed by atoms with Gasteiger partial charge >= 0.3 is 5.69 Å². The predicted octanol–water partition coefficient (Wildman–Crippen LogP) is 3.20. The molecule has 0 aliphatic rings. The smallest absolute Gasteiger partial charge is 0.368 e. The zero-order chi connectivity index (χ0) is 22.8. The Bertz CT molecular complexity index is 1350. The van der Waals surface area contributed by atoms with Crippen LogP contribution in [-0.4, -0.2) is 31.9 Å². The maximum Gasteiger partial charge on any atom is 0.368 e. The molecule has 4 rings (SSSR count). The number of aryl methyl sites for hydroxylation is 2. The summed E-state index contributed by atoms with van der Waals surface area (Å²) in [5.74, 6) is -1.61. The molecule has 0 atom stereocenters. The molecule has 2 aromatic carbocycles. The van der Waals surface area contributed by atoms with E-state index in [0.29, 0.717) is 16.9 Å². The van der Waals surface area contributed by atoms with Crippen molar-refractivity contribution in [2.75, 3.05) is 7.11 Å². The zero-order valence-corrected chi connectivity index (χ0v) is 17.5. The standard InChI is InChI=1S/C22H19F2N5O3/c1-13-6-4-8-19(29-22(30)28(2)26-27-29)15(13)12-32-21-9-5-7-18(25-21)14-10-16(23)17(24)11-20(14)31-3/h4-11H,12H2,1-3H3. The first-order valence-electron chi connectivity index (χ1n) is 9.60. The number of hydrogen-bond donors (Lipinski definition) is 0. The van der Waals surface area contributed by atoms with E-state index in [9.17, 15) is 13.6 Å². The number of methoxy groups -OCH3 is 1. The van der Waals surface area contributed by atoms with E-state index >= 15 is 0 Å². The fraction of sp³-hybridized carbons (Fsp3) is 0.182. The van der Waals surface area contributed by atoms with Crippen molar-refractivity contribution in [2.45, 2.75) is 13.5 Å². The molecule has 0 bridgehead atoms. The Kier molecular flexibility index (Phi) is 5.67. The third-order valence-corrected chi connectivity index (χ3v) is 4.94. The van der Waals surface area contributed by atoms with E-state index in [-0.39, 0.29) is 23.9 Å². The number of aromatic nitrogens is 5. The van der Waals surface area contributed by atoms with Crippen LogP contribution in [0.2, 0.25) is 0 Å². The Balaban J connectivity index is 1.65. The summed E-state index contributed by atoms with van der Waals surface area (Å²) in [6, 6.07) is 12.4. The van der Waals surface area contributed by atoms with Crippen molar-refractivity contribution in [2.24, 2.45) is 7.05 Å². The van der Waals surface area contributed by atoms with Crippen LogP contribution < -0.4 is 15.2 Å². The molecule has 0 amide bonds. The van der Waals surface area contributed by atoms with Crippen LogP contribution in [0.4, 0.5) is 8.78 Å². The highest BCUT2D eigenvalue weighted by Gasteiger charge is 2.16. The van der Waals surface area contributed by atoms with Gasteiger partial charge in [-0.05, 0) is 41.1 Å². The average molecular weight is 439 g/mol. The highest BCUT2D eigenvalue weighted by molar-refractivity contribution is 5.67. The monoisotopic (exact) mass is 439 g/mol. The summed E-state index contributed by atoms with van der Waals surface area (Å²) in [5, 5.41) is 7.65. The molecule has 32 heavy (non-hydrogen) atoms. The molecule has 0 radical (unpaired) electrons. The maximum atomic E-state index is 13.8. The van der Waals surface area contributed by atoms with Crippen LogP contribution in [0.3, 0.4) is 0 Å². The molecule has 0 spiro atoms. The second-order valence-electron chi connectivity index (χ2n) is 6.99. The summed E-state index contributed by atoms with van der Waals surface area (Å²) in [5.41, 5.74) is 2.42. The van der Waals surface area contributed by atoms with Crippen LogP contribution in [0.15, 0.2) is 53.3 Å². The van der Waals surface area contributed by atoms with Gasteiger partial charge in [0.2, 0.25) is 5.88 Å². The third-order valence-electron chi connectivity index (χ3n) is 4.94. The van der Waals surface area contributed by atoms with E-state index in [2.05, 4.69) is 15.4 Å². The molecule has 0 unspecified atom stereocenters. The Labute approximate surface area is 181 Å². The highest BCUT2D eigenvalue weighted by Crippen LogP contribution is 2.32. The van der Waals surface area contributed by atoms with E-state index in [4.69, 9.17) is 9.47 Å². The van der Waals surface area contributed by atoms with Gasteiger partial charge in [-0.1, -0.05) is 18.2 Å². The molecule has 10 heteroatoms. The van der Waals surface area contributed by atoms with E-state index in [1.54, 1.807) is 24.3 Å². The number of benzene rings is 2. The molecule has 2 aromatic heterocycles. The van der Waals surface area contributed by atoms with Gasteiger partial charge in [0.05, 0.1) is 18.5 Å². The van der Waals surface area contributed by atoms with Crippen molar-refractivity contribution in [3.05, 3.63) is 81.8 Å². The topological polar surface area (TPSA) is 84.1 Å². The lowest BCUT2D eigenvalue weighted by atomic mass is 10.1. The van der Waals surface area contributed by atoms with Crippen LogP contribution in [0.1, 0.15) is 11.1 Å². The average Bonchev–Trinajstić information content (AvgIpc) is 3.12. The van der Waals surface area contributed by atoms with Gasteiger partial charge in [0.15, 0.2) is 11.6 Å². The van der Waals surface area contributed by atoms with Crippen molar-refractivity contribution in [1.29, 1.82) is 0 Å². The van der Waals surface area contributed by atoms with Gasteiger partial charge in [-0.15, -0.1) is 0 Å². The number of tetrazole rings is 1. The zero-order valence-electron chi connectivity index (χ0n) is 17.5. The number of nitrogens with zero attached hydrogens (tertiary/aromatic N) is 5. The molecule has 0 N–H and O–H groups in total. The molecule has 0 saturated carbocycles. The van der Waals surface area contributed by atoms with Gasteiger partial charge in [-0.25, -0.2) is 18.6 Å². The van der Waals surface area contributed by atoms with Gasteiger partial charge in [0.25, 0.3) is 0 Å². The lowest BCUT2D eigenvalue weighted by molar-refractivity contribution is 0.293. The number of halogens is 2. The summed E-state index contributed by atoms with van der Waals surface area (Å²) in [4.78, 5) is 16.7. The fourth-order valence-corrected chi connectivity index (χ4v) is 3.23. The molecule has 0 fully saturated rings. The Morgan fingerprint density at radius 1 is 1.03 bits per heavy atom. The molecule has 0 aliphatic carbocycles. The number of hydrogen-bond acceptors (Lipinski definition) is 6. The third kappa shape index (κ3) is 3.94. The molecule has 4 aromatic rings. The van der Waals surface area contributed by atoms with E-state index in [1.807, 2.05) is 19.1 Å². The summed E-state index contributed by atoms with van der Waals surface area (Å²) in [6.07, 6.45) is 0. The van der Waals surface area contributed by atoms with Crippen molar-refractivity contribution < 1.29 is 18.3 Å². The van der Waals surface area contributed by atoms with Crippen molar-refractivity contribution >= 4 is 0 Å². The Hall–Kier alpha value is -4.08. The molecular weight excluding hydrogens is 420 g/mol. The Morgan fingerprint density at radius 2 is 1.78 bits per heavy atom. The minimum Gasteiger partial charge on any atom is -0.496 e. The molecule has 0 aliphatic heterocycles. The number of ether oxygens (including phenoxy) is 2. The minimum atomic E-state index is -1.01. The van der Waals surface area contributed by atoms with Crippen LogP contribution in [-0.2, 0) is 13.7 Å². The predicted molar refractivity (Wildman–Crippen MR) is 112 cm³/mol. The van der Waals surface area contributed by atoms with Crippen molar-refractivity contribution in [1.82, 2.24) is 24.8 Å². The van der Waals surface area contributed by atoms with Gasteiger partial charge in [-0.3, -0.25) is 0 Å². The minimum absolute atomic E-state index is 0.0936. The number of rotatable bonds is 6. The lowest BCUT2D eigenvalue weighted by Crippen LogP contribution is -2.23. The largest absolute Gasteiger partial charge is 0.496 e. The first-order valence-corrected chi connectivity index (χ1v) is 9.60. The highest BCUT2D eigenvalue weighted by atomic mass is 19.2. The maximum absolute atomic E-state index is 13.8. The SMILES string of the molecule is COc1cc(F)c(F)cc1-c1cccc(OCc2c(C)cccc2-n2nnn(C)c2=O)n1. The van der Waals surface area contributed by atoms with Crippen molar-refractivity contribution in [3.8, 4) is 28.6 Å². The second-order valence-corrected chi connectivity index (χ2v) is 6.99. The molecule has 8 nitrogen and oxygen atoms in total. The van der Waals surface area contributed by atoms with E-state index in [1.165, 1.54) is 18.8 Å². The van der Waals surface area contributed by atoms with Crippen LogP contribution in [0.5, 0.6) is 11.6 Å². The van der Waals surface area contributed by atoms with E-state index in [0.717, 1.165) is 27.9 Å². The fourth-order valence-electron chi connectivity index (χ4n) is 3.23. The summed E-state index contributed by atoms with van der Waals surface area (Å²) in [6.45, 7) is 1.98. The van der Waals surface area contributed by atoms with Crippen LogP contribution >= 0.6 is 0 Å².